The zero-order valence-corrected chi connectivity index (χ0v) is 20.5. The van der Waals surface area contributed by atoms with Crippen molar-refractivity contribution in [2.24, 2.45) is 23.7 Å². The summed E-state index contributed by atoms with van der Waals surface area (Å²) in [6, 6.07) is 3.72. The lowest BCUT2D eigenvalue weighted by molar-refractivity contribution is 0.248. The summed E-state index contributed by atoms with van der Waals surface area (Å²) in [6.45, 7) is 6.17. The van der Waals surface area contributed by atoms with Gasteiger partial charge in [0.25, 0.3) is 0 Å². The molecule has 2 aliphatic rings. The number of halogens is 2. The summed E-state index contributed by atoms with van der Waals surface area (Å²) in [5.74, 6) is 1.73. The standard InChI is InChI=1S/C30H46F2/c1-3-5-6-7-8-24-13-15-26(16-14-24)18-20-28-22-21-27(29(31)30(28)32)19-17-25-11-9-23(4-2)10-12-25/h4,21-26H,2-3,5-20H2,1H3. The third-order valence-electron chi connectivity index (χ3n) is 8.54. The molecule has 2 heteroatoms. The zero-order chi connectivity index (χ0) is 22.8. The van der Waals surface area contributed by atoms with Gasteiger partial charge in [-0.15, -0.1) is 6.58 Å². The van der Waals surface area contributed by atoms with Crippen LogP contribution < -0.4 is 0 Å². The molecule has 0 amide bonds. The van der Waals surface area contributed by atoms with Gasteiger partial charge in [-0.05, 0) is 86.2 Å². The predicted octanol–water partition coefficient (Wildman–Crippen LogP) is 9.60. The molecule has 2 saturated carbocycles. The van der Waals surface area contributed by atoms with E-state index in [0.717, 1.165) is 18.8 Å². The van der Waals surface area contributed by atoms with E-state index in [4.69, 9.17) is 0 Å². The van der Waals surface area contributed by atoms with E-state index in [1.54, 1.807) is 0 Å². The topological polar surface area (TPSA) is 0 Å². The van der Waals surface area contributed by atoms with Gasteiger partial charge in [-0.3, -0.25) is 0 Å². The highest BCUT2D eigenvalue weighted by atomic mass is 19.2. The van der Waals surface area contributed by atoms with Gasteiger partial charge in [0.05, 0.1) is 0 Å². The molecule has 0 nitrogen and oxygen atoms in total. The molecule has 0 atom stereocenters. The van der Waals surface area contributed by atoms with Crippen LogP contribution in [0.25, 0.3) is 0 Å². The molecular formula is C30H46F2. The summed E-state index contributed by atoms with van der Waals surface area (Å²) < 4.78 is 29.5. The zero-order valence-electron chi connectivity index (χ0n) is 20.5. The van der Waals surface area contributed by atoms with Crippen LogP contribution in [0.15, 0.2) is 24.8 Å². The Hall–Kier alpha value is -1.18. The van der Waals surface area contributed by atoms with E-state index in [0.29, 0.717) is 41.7 Å². The van der Waals surface area contributed by atoms with Crippen molar-refractivity contribution in [1.29, 1.82) is 0 Å². The predicted molar refractivity (Wildman–Crippen MR) is 133 cm³/mol. The van der Waals surface area contributed by atoms with Gasteiger partial charge in [-0.2, -0.15) is 0 Å². The molecule has 32 heavy (non-hydrogen) atoms. The SMILES string of the molecule is C=CC1CCC(CCc2ccc(CCC3CCC(CCCCCC)CC3)c(F)c2F)CC1. The van der Waals surface area contributed by atoms with E-state index >= 15 is 0 Å². The van der Waals surface area contributed by atoms with E-state index in [-0.39, 0.29) is 0 Å². The van der Waals surface area contributed by atoms with E-state index in [9.17, 15) is 8.78 Å². The molecule has 3 rings (SSSR count). The fourth-order valence-corrected chi connectivity index (χ4v) is 6.12. The number of allylic oxidation sites excluding steroid dienone is 1. The Kier molecular flexibility index (Phi) is 10.7. The first-order valence-corrected chi connectivity index (χ1v) is 13.7. The summed E-state index contributed by atoms with van der Waals surface area (Å²) in [7, 11) is 0. The van der Waals surface area contributed by atoms with Gasteiger partial charge in [0, 0.05) is 0 Å². The molecule has 0 radical (unpaired) electrons. The molecule has 0 saturated heterocycles. The molecule has 1 aromatic rings. The van der Waals surface area contributed by atoms with E-state index in [1.807, 2.05) is 12.1 Å². The molecule has 180 valence electrons. The van der Waals surface area contributed by atoms with Crippen LogP contribution in [-0.4, -0.2) is 0 Å². The number of benzene rings is 1. The maximum Gasteiger partial charge on any atom is 0.162 e. The summed E-state index contributed by atoms with van der Waals surface area (Å²) in [4.78, 5) is 0. The average Bonchev–Trinajstić information content (AvgIpc) is 2.83. The average molecular weight is 445 g/mol. The maximum absolute atomic E-state index is 14.8. The van der Waals surface area contributed by atoms with Crippen LogP contribution >= 0.6 is 0 Å². The van der Waals surface area contributed by atoms with Gasteiger partial charge < -0.3 is 0 Å². The first-order chi connectivity index (χ1) is 15.6. The maximum atomic E-state index is 14.8. The second-order valence-corrected chi connectivity index (χ2v) is 10.8. The van der Waals surface area contributed by atoms with Crippen LogP contribution in [0.1, 0.15) is 114 Å². The second kappa shape index (κ2) is 13.5. The smallest absolute Gasteiger partial charge is 0.162 e. The van der Waals surface area contributed by atoms with Crippen LogP contribution in [0, 0.1) is 35.3 Å². The van der Waals surface area contributed by atoms with E-state index in [1.165, 1.54) is 83.5 Å². The molecule has 2 fully saturated rings. The highest BCUT2D eigenvalue weighted by Crippen LogP contribution is 2.35. The minimum atomic E-state index is -0.585. The van der Waals surface area contributed by atoms with Crippen molar-refractivity contribution in [3.05, 3.63) is 47.5 Å². The Morgan fingerprint density at radius 3 is 1.66 bits per heavy atom. The Balaban J connectivity index is 1.39. The molecule has 1 aromatic carbocycles. The molecule has 0 heterocycles. The number of hydrogen-bond donors (Lipinski definition) is 0. The molecular weight excluding hydrogens is 398 g/mol. The molecule has 0 N–H and O–H groups in total. The van der Waals surface area contributed by atoms with Crippen LogP contribution in [0.4, 0.5) is 8.78 Å². The van der Waals surface area contributed by atoms with Crippen LogP contribution in [0.2, 0.25) is 0 Å². The van der Waals surface area contributed by atoms with Crippen molar-refractivity contribution in [3.8, 4) is 0 Å². The minimum absolute atomic E-state index is 0.570. The molecule has 0 aromatic heterocycles. The van der Waals surface area contributed by atoms with Crippen molar-refractivity contribution in [2.75, 3.05) is 0 Å². The number of aryl methyl sites for hydroxylation is 2. The van der Waals surface area contributed by atoms with Crippen LogP contribution in [-0.2, 0) is 12.8 Å². The Morgan fingerprint density at radius 1 is 0.719 bits per heavy atom. The third kappa shape index (κ3) is 7.70. The second-order valence-electron chi connectivity index (χ2n) is 10.8. The Labute approximate surface area is 196 Å². The summed E-state index contributed by atoms with van der Waals surface area (Å²) in [6.07, 6.45) is 22.2. The highest BCUT2D eigenvalue weighted by molar-refractivity contribution is 5.27. The largest absolute Gasteiger partial charge is 0.203 e. The fraction of sp³-hybridized carbons (Fsp3) is 0.733. The first kappa shape index (κ1) is 25.4. The number of unbranched alkanes of at least 4 members (excludes halogenated alkanes) is 3. The van der Waals surface area contributed by atoms with Crippen LogP contribution in [0.5, 0.6) is 0 Å². The van der Waals surface area contributed by atoms with Crippen molar-refractivity contribution < 1.29 is 8.78 Å². The van der Waals surface area contributed by atoms with Gasteiger partial charge in [0.1, 0.15) is 0 Å². The number of rotatable bonds is 12. The lowest BCUT2D eigenvalue weighted by atomic mass is 9.77. The van der Waals surface area contributed by atoms with Gasteiger partial charge in [0.2, 0.25) is 0 Å². The number of hydrogen-bond acceptors (Lipinski definition) is 0. The summed E-state index contributed by atoms with van der Waals surface area (Å²) >= 11 is 0. The molecule has 0 spiro atoms. The van der Waals surface area contributed by atoms with Crippen molar-refractivity contribution in [2.45, 2.75) is 116 Å². The Morgan fingerprint density at radius 2 is 1.19 bits per heavy atom. The quantitative estimate of drug-likeness (QED) is 0.222. The molecule has 2 aliphatic carbocycles. The lowest BCUT2D eigenvalue weighted by Crippen LogP contribution is -2.15. The van der Waals surface area contributed by atoms with Crippen molar-refractivity contribution >= 4 is 0 Å². The van der Waals surface area contributed by atoms with Crippen molar-refractivity contribution in [3.63, 3.8) is 0 Å². The van der Waals surface area contributed by atoms with Gasteiger partial charge in [0.15, 0.2) is 11.6 Å². The van der Waals surface area contributed by atoms with Gasteiger partial charge in [-0.1, -0.05) is 82.9 Å². The summed E-state index contributed by atoms with van der Waals surface area (Å²) in [5.41, 5.74) is 1.15. The minimum Gasteiger partial charge on any atom is -0.203 e. The van der Waals surface area contributed by atoms with Gasteiger partial charge >= 0.3 is 0 Å². The monoisotopic (exact) mass is 444 g/mol. The van der Waals surface area contributed by atoms with E-state index < -0.39 is 11.6 Å². The highest BCUT2D eigenvalue weighted by Gasteiger charge is 2.23. The first-order valence-electron chi connectivity index (χ1n) is 13.7. The molecule has 0 bridgehead atoms. The lowest BCUT2D eigenvalue weighted by Gasteiger charge is -2.28. The normalized spacial score (nSPS) is 26.2. The van der Waals surface area contributed by atoms with Crippen LogP contribution in [0.3, 0.4) is 0 Å². The van der Waals surface area contributed by atoms with Gasteiger partial charge in [-0.25, -0.2) is 8.78 Å². The fourth-order valence-electron chi connectivity index (χ4n) is 6.12. The molecule has 0 unspecified atom stereocenters. The molecule has 0 aliphatic heterocycles. The Bertz CT molecular complexity index is 678. The third-order valence-corrected chi connectivity index (χ3v) is 8.54. The summed E-state index contributed by atoms with van der Waals surface area (Å²) in [5, 5.41) is 0. The van der Waals surface area contributed by atoms with E-state index in [2.05, 4.69) is 19.6 Å². The van der Waals surface area contributed by atoms with Crippen molar-refractivity contribution in [1.82, 2.24) is 0 Å².